The van der Waals surface area contributed by atoms with Crippen LogP contribution in [0.25, 0.3) is 10.9 Å². The van der Waals surface area contributed by atoms with E-state index < -0.39 is 0 Å². The zero-order chi connectivity index (χ0) is 18.6. The number of hydrogen-bond donors (Lipinski definition) is 2. The Kier molecular flexibility index (Phi) is 4.58. The molecule has 2 aromatic heterocycles. The molecule has 4 aromatic rings. The molecule has 0 amide bonds. The summed E-state index contributed by atoms with van der Waals surface area (Å²) in [4.78, 5) is 8.70. The first-order valence-corrected chi connectivity index (χ1v) is 8.64. The molecule has 0 unspecified atom stereocenters. The van der Waals surface area contributed by atoms with E-state index in [1.165, 1.54) is 0 Å². The number of hydrogen-bond acceptors (Lipinski definition) is 5. The van der Waals surface area contributed by atoms with Gasteiger partial charge in [0.2, 0.25) is 0 Å². The van der Waals surface area contributed by atoms with Gasteiger partial charge in [0.25, 0.3) is 0 Å². The van der Waals surface area contributed by atoms with Gasteiger partial charge in [0.1, 0.15) is 22.8 Å². The van der Waals surface area contributed by atoms with Crippen LogP contribution in [-0.4, -0.2) is 22.2 Å². The fraction of sp³-hybridized carbons (Fsp3) is 0.0909. The van der Waals surface area contributed by atoms with E-state index in [2.05, 4.69) is 15.3 Å². The second-order valence-corrected chi connectivity index (χ2v) is 6.14. The molecule has 2 N–H and O–H groups in total. The minimum Gasteiger partial charge on any atom is -0.505 e. The highest BCUT2D eigenvalue weighted by atomic mass is 16.5. The summed E-state index contributed by atoms with van der Waals surface area (Å²) in [6.07, 6.45) is 3.41. The number of phenols is 1. The summed E-state index contributed by atoms with van der Waals surface area (Å²) in [7, 11) is 1.64. The molecule has 0 aliphatic carbocycles. The van der Waals surface area contributed by atoms with Crippen molar-refractivity contribution in [1.82, 2.24) is 9.97 Å². The van der Waals surface area contributed by atoms with Gasteiger partial charge >= 0.3 is 0 Å². The molecule has 2 heterocycles. The third kappa shape index (κ3) is 3.40. The second kappa shape index (κ2) is 7.33. The molecule has 5 heteroatoms. The topological polar surface area (TPSA) is 67.3 Å². The van der Waals surface area contributed by atoms with Crippen LogP contribution in [0.2, 0.25) is 0 Å². The number of pyridine rings is 2. The lowest BCUT2D eigenvalue weighted by Crippen LogP contribution is -2.13. The van der Waals surface area contributed by atoms with E-state index in [0.717, 1.165) is 28.1 Å². The van der Waals surface area contributed by atoms with Crippen LogP contribution >= 0.6 is 0 Å². The summed E-state index contributed by atoms with van der Waals surface area (Å²) < 4.78 is 5.26. The molecule has 5 nitrogen and oxygen atoms in total. The summed E-state index contributed by atoms with van der Waals surface area (Å²) in [6, 6.07) is 20.8. The third-order valence-electron chi connectivity index (χ3n) is 4.50. The van der Waals surface area contributed by atoms with Gasteiger partial charge < -0.3 is 15.2 Å². The number of aromatic nitrogens is 2. The van der Waals surface area contributed by atoms with E-state index >= 15 is 0 Å². The minimum absolute atomic E-state index is 0.164. The second-order valence-electron chi connectivity index (χ2n) is 6.14. The number of rotatable bonds is 5. The predicted molar refractivity (Wildman–Crippen MR) is 106 cm³/mol. The fourth-order valence-electron chi connectivity index (χ4n) is 3.11. The number of ether oxygens (including phenoxy) is 1. The summed E-state index contributed by atoms with van der Waals surface area (Å²) in [5.41, 5.74) is 2.29. The maximum absolute atomic E-state index is 10.9. The number of anilines is 1. The summed E-state index contributed by atoms with van der Waals surface area (Å²) >= 11 is 0. The Labute approximate surface area is 157 Å². The molecule has 0 fully saturated rings. The average molecular weight is 357 g/mol. The van der Waals surface area contributed by atoms with Gasteiger partial charge in [-0.3, -0.25) is 4.98 Å². The Hall–Kier alpha value is -3.60. The zero-order valence-electron chi connectivity index (χ0n) is 14.8. The highest BCUT2D eigenvalue weighted by Gasteiger charge is 2.20. The van der Waals surface area contributed by atoms with Crippen molar-refractivity contribution < 1.29 is 9.84 Å². The minimum atomic E-state index is -0.294. The van der Waals surface area contributed by atoms with Gasteiger partial charge in [0.05, 0.1) is 13.2 Å². The molecule has 1 atom stereocenters. The van der Waals surface area contributed by atoms with Crippen molar-refractivity contribution in [3.8, 4) is 11.5 Å². The number of benzene rings is 2. The van der Waals surface area contributed by atoms with Gasteiger partial charge in [-0.15, -0.1) is 0 Å². The van der Waals surface area contributed by atoms with Gasteiger partial charge in [-0.25, -0.2) is 4.98 Å². The molecule has 27 heavy (non-hydrogen) atoms. The van der Waals surface area contributed by atoms with Crippen LogP contribution in [0.4, 0.5) is 5.82 Å². The zero-order valence-corrected chi connectivity index (χ0v) is 14.8. The van der Waals surface area contributed by atoms with E-state index in [1.54, 1.807) is 19.5 Å². The first-order chi connectivity index (χ1) is 13.3. The van der Waals surface area contributed by atoms with Crippen molar-refractivity contribution in [1.29, 1.82) is 0 Å². The van der Waals surface area contributed by atoms with Crippen LogP contribution in [0.1, 0.15) is 17.2 Å². The molecule has 0 spiro atoms. The summed E-state index contributed by atoms with van der Waals surface area (Å²) in [6.45, 7) is 0. The molecule has 2 aromatic carbocycles. The van der Waals surface area contributed by atoms with Crippen LogP contribution in [0.3, 0.4) is 0 Å². The Morgan fingerprint density at radius 2 is 1.70 bits per heavy atom. The van der Waals surface area contributed by atoms with Crippen molar-refractivity contribution in [2.45, 2.75) is 6.04 Å². The Bertz CT molecular complexity index is 1050. The molecule has 0 aliphatic rings. The molecular weight excluding hydrogens is 338 g/mol. The Balaban J connectivity index is 1.83. The van der Waals surface area contributed by atoms with Crippen LogP contribution < -0.4 is 10.1 Å². The quantitative estimate of drug-likeness (QED) is 0.549. The number of phenolic OH excluding ortho intramolecular Hbond substituents is 1. The van der Waals surface area contributed by atoms with Crippen molar-refractivity contribution in [2.75, 3.05) is 12.4 Å². The van der Waals surface area contributed by atoms with E-state index in [9.17, 15) is 5.11 Å². The highest BCUT2D eigenvalue weighted by molar-refractivity contribution is 5.86. The van der Waals surface area contributed by atoms with Crippen molar-refractivity contribution in [3.05, 3.63) is 90.3 Å². The van der Waals surface area contributed by atoms with Crippen LogP contribution in [-0.2, 0) is 0 Å². The molecule has 0 radical (unpaired) electrons. The molecule has 0 bridgehead atoms. The first kappa shape index (κ1) is 16.8. The molecule has 0 saturated carbocycles. The number of nitrogens with one attached hydrogen (secondary N) is 1. The first-order valence-electron chi connectivity index (χ1n) is 8.64. The maximum atomic E-state index is 10.9. The maximum Gasteiger partial charge on any atom is 0.147 e. The highest BCUT2D eigenvalue weighted by Crippen LogP contribution is 2.36. The van der Waals surface area contributed by atoms with Crippen LogP contribution in [0.15, 0.2) is 79.1 Å². The van der Waals surface area contributed by atoms with Gasteiger partial charge in [0, 0.05) is 23.3 Å². The van der Waals surface area contributed by atoms with Gasteiger partial charge in [0.15, 0.2) is 0 Å². The lowest BCUT2D eigenvalue weighted by Gasteiger charge is -2.22. The van der Waals surface area contributed by atoms with E-state index in [-0.39, 0.29) is 11.8 Å². The Morgan fingerprint density at radius 3 is 2.44 bits per heavy atom. The number of fused-ring (bicyclic) bond motifs is 1. The third-order valence-corrected chi connectivity index (χ3v) is 4.50. The van der Waals surface area contributed by atoms with Gasteiger partial charge in [-0.05, 0) is 35.9 Å². The van der Waals surface area contributed by atoms with E-state index in [4.69, 9.17) is 4.74 Å². The van der Waals surface area contributed by atoms with Gasteiger partial charge in [-0.1, -0.05) is 36.4 Å². The predicted octanol–water partition coefficient (Wildman–Crippen LogP) is 4.55. The lowest BCUT2D eigenvalue weighted by atomic mass is 9.96. The molecule has 0 aliphatic heterocycles. The molecule has 134 valence electrons. The van der Waals surface area contributed by atoms with E-state index in [1.807, 2.05) is 66.7 Å². The lowest BCUT2D eigenvalue weighted by molar-refractivity contribution is 0.414. The molecular formula is C22H19N3O2. The smallest absolute Gasteiger partial charge is 0.147 e. The van der Waals surface area contributed by atoms with Crippen LogP contribution in [0, 0.1) is 0 Å². The standard InChI is InChI=1S/C22H19N3O2/c1-27-17-10-7-16(8-11-17)20(25-19-6-2-3-13-23-19)18-12-9-15-5-4-14-24-21(15)22(18)26/h2-14,20,26H,1H3,(H,23,25)/t20-/m1/s1. The average Bonchev–Trinajstić information content (AvgIpc) is 2.74. The molecule has 0 saturated heterocycles. The van der Waals surface area contributed by atoms with E-state index in [0.29, 0.717) is 5.52 Å². The fourth-order valence-corrected chi connectivity index (χ4v) is 3.11. The SMILES string of the molecule is COc1ccc([C@@H](Nc2ccccn2)c2ccc3cccnc3c2O)cc1. The van der Waals surface area contributed by atoms with Crippen molar-refractivity contribution in [3.63, 3.8) is 0 Å². The number of aromatic hydroxyl groups is 1. The Morgan fingerprint density at radius 1 is 0.889 bits per heavy atom. The van der Waals surface area contributed by atoms with Crippen LogP contribution in [0.5, 0.6) is 11.5 Å². The largest absolute Gasteiger partial charge is 0.505 e. The van der Waals surface area contributed by atoms with Crippen molar-refractivity contribution in [2.24, 2.45) is 0 Å². The summed E-state index contributed by atoms with van der Waals surface area (Å²) in [5.74, 6) is 1.66. The number of methoxy groups -OCH3 is 1. The van der Waals surface area contributed by atoms with Crippen molar-refractivity contribution >= 4 is 16.7 Å². The normalized spacial score (nSPS) is 11.9. The molecule has 4 rings (SSSR count). The van der Waals surface area contributed by atoms with Gasteiger partial charge in [-0.2, -0.15) is 0 Å². The monoisotopic (exact) mass is 357 g/mol. The number of nitrogens with zero attached hydrogens (tertiary/aromatic N) is 2. The summed E-state index contributed by atoms with van der Waals surface area (Å²) in [5, 5.41) is 15.2.